The Balaban J connectivity index is 2.62. The summed E-state index contributed by atoms with van der Waals surface area (Å²) in [7, 11) is -2.01. The van der Waals surface area contributed by atoms with Gasteiger partial charge in [-0.1, -0.05) is 13.0 Å². The van der Waals surface area contributed by atoms with E-state index < -0.39 is 10.0 Å². The van der Waals surface area contributed by atoms with E-state index in [9.17, 15) is 13.5 Å². The van der Waals surface area contributed by atoms with E-state index in [0.717, 1.165) is 12.0 Å². The van der Waals surface area contributed by atoms with E-state index in [1.165, 1.54) is 6.07 Å². The number of hydrogen-bond donors (Lipinski definition) is 2. The number of rotatable bonds is 10. The third-order valence-corrected chi connectivity index (χ3v) is 4.47. The minimum atomic E-state index is -3.58. The van der Waals surface area contributed by atoms with E-state index in [1.807, 2.05) is 6.92 Å². The fourth-order valence-electron chi connectivity index (χ4n) is 1.84. The van der Waals surface area contributed by atoms with Crippen molar-refractivity contribution < 1.29 is 23.0 Å². The number of nitrogens with one attached hydrogen (secondary N) is 1. The lowest BCUT2D eigenvalue weighted by Crippen LogP contribution is -2.28. The van der Waals surface area contributed by atoms with Crippen LogP contribution in [-0.2, 0) is 32.5 Å². The lowest BCUT2D eigenvalue weighted by Gasteiger charge is -2.10. The van der Waals surface area contributed by atoms with Crippen molar-refractivity contribution in [3.63, 3.8) is 0 Å². The normalized spacial score (nSPS) is 11.8. The molecule has 0 atom stereocenters. The van der Waals surface area contributed by atoms with E-state index >= 15 is 0 Å². The Morgan fingerprint density at radius 1 is 1.19 bits per heavy atom. The standard InChI is InChI=1S/C14H23NO5S/c1-3-12-4-5-14(10-13(12)11-16)21(17,18)15-6-7-20-9-8-19-2/h4-5,10,15-16H,3,6-9,11H2,1-2H3. The second kappa shape index (κ2) is 9.11. The molecule has 2 N–H and O–H groups in total. The average molecular weight is 317 g/mol. The molecule has 0 amide bonds. The number of hydrogen-bond acceptors (Lipinski definition) is 5. The Kier molecular flexibility index (Phi) is 7.84. The highest BCUT2D eigenvalue weighted by atomic mass is 32.2. The van der Waals surface area contributed by atoms with Crippen LogP contribution < -0.4 is 4.72 Å². The fourth-order valence-corrected chi connectivity index (χ4v) is 2.90. The number of aryl methyl sites for hydroxylation is 1. The van der Waals surface area contributed by atoms with Crippen LogP contribution in [0.15, 0.2) is 23.1 Å². The molecule has 0 spiro atoms. The van der Waals surface area contributed by atoms with E-state index in [-0.39, 0.29) is 24.7 Å². The van der Waals surface area contributed by atoms with Gasteiger partial charge in [0.05, 0.1) is 31.3 Å². The summed E-state index contributed by atoms with van der Waals surface area (Å²) >= 11 is 0. The van der Waals surface area contributed by atoms with Crippen LogP contribution in [0, 0.1) is 0 Å². The van der Waals surface area contributed by atoms with Crippen molar-refractivity contribution in [2.45, 2.75) is 24.8 Å². The summed E-state index contributed by atoms with van der Waals surface area (Å²) in [5.41, 5.74) is 1.58. The minimum Gasteiger partial charge on any atom is -0.392 e. The molecule has 0 aliphatic carbocycles. The monoisotopic (exact) mass is 317 g/mol. The summed E-state index contributed by atoms with van der Waals surface area (Å²) in [4.78, 5) is 0.153. The van der Waals surface area contributed by atoms with Crippen LogP contribution in [0.5, 0.6) is 0 Å². The second-order valence-electron chi connectivity index (χ2n) is 4.45. The zero-order valence-electron chi connectivity index (χ0n) is 12.5. The van der Waals surface area contributed by atoms with Gasteiger partial charge < -0.3 is 14.6 Å². The maximum atomic E-state index is 12.1. The highest BCUT2D eigenvalue weighted by Gasteiger charge is 2.15. The second-order valence-corrected chi connectivity index (χ2v) is 6.21. The van der Waals surface area contributed by atoms with Gasteiger partial charge in [0.25, 0.3) is 0 Å². The van der Waals surface area contributed by atoms with Crippen molar-refractivity contribution >= 4 is 10.0 Å². The average Bonchev–Trinajstić information content (AvgIpc) is 2.49. The van der Waals surface area contributed by atoms with Gasteiger partial charge in [0.2, 0.25) is 10.0 Å². The topological polar surface area (TPSA) is 84.9 Å². The Bertz CT molecular complexity index is 530. The van der Waals surface area contributed by atoms with Gasteiger partial charge in [0.1, 0.15) is 0 Å². The molecule has 1 aromatic rings. The Morgan fingerprint density at radius 2 is 1.95 bits per heavy atom. The highest BCUT2D eigenvalue weighted by Crippen LogP contribution is 2.16. The van der Waals surface area contributed by atoms with Crippen molar-refractivity contribution in [3.8, 4) is 0 Å². The number of ether oxygens (including phenoxy) is 2. The first-order valence-electron chi connectivity index (χ1n) is 6.84. The highest BCUT2D eigenvalue weighted by molar-refractivity contribution is 7.89. The number of benzene rings is 1. The van der Waals surface area contributed by atoms with E-state index in [1.54, 1.807) is 19.2 Å². The molecule has 120 valence electrons. The SMILES string of the molecule is CCc1ccc(S(=O)(=O)NCCOCCOC)cc1CO. The Hall–Kier alpha value is -0.990. The molecule has 6 nitrogen and oxygen atoms in total. The Morgan fingerprint density at radius 3 is 2.57 bits per heavy atom. The number of sulfonamides is 1. The third kappa shape index (κ3) is 5.72. The van der Waals surface area contributed by atoms with Gasteiger partial charge in [-0.2, -0.15) is 0 Å². The van der Waals surface area contributed by atoms with Gasteiger partial charge >= 0.3 is 0 Å². The van der Waals surface area contributed by atoms with Crippen LogP contribution in [-0.4, -0.2) is 47.0 Å². The van der Waals surface area contributed by atoms with Crippen molar-refractivity contribution in [1.29, 1.82) is 0 Å². The molecular weight excluding hydrogens is 294 g/mol. The minimum absolute atomic E-state index is 0.153. The maximum Gasteiger partial charge on any atom is 0.240 e. The number of aliphatic hydroxyl groups is 1. The molecule has 0 fully saturated rings. The molecule has 0 aromatic heterocycles. The first kappa shape index (κ1) is 18.1. The van der Waals surface area contributed by atoms with Gasteiger partial charge in [-0.15, -0.1) is 0 Å². The molecule has 0 aliphatic heterocycles. The quantitative estimate of drug-likeness (QED) is 0.620. The van der Waals surface area contributed by atoms with Gasteiger partial charge in [-0.25, -0.2) is 13.1 Å². The summed E-state index contributed by atoms with van der Waals surface area (Å²) < 4.78 is 36.7. The first-order chi connectivity index (χ1) is 10.0. The molecule has 0 saturated heterocycles. The smallest absolute Gasteiger partial charge is 0.240 e. The number of methoxy groups -OCH3 is 1. The Labute approximate surface area is 126 Å². The summed E-state index contributed by atoms with van der Waals surface area (Å²) in [5.74, 6) is 0. The van der Waals surface area contributed by atoms with Crippen LogP contribution in [0.2, 0.25) is 0 Å². The molecular formula is C14H23NO5S. The molecule has 0 heterocycles. The molecule has 1 rings (SSSR count). The lowest BCUT2D eigenvalue weighted by atomic mass is 10.1. The molecule has 0 saturated carbocycles. The fraction of sp³-hybridized carbons (Fsp3) is 0.571. The van der Waals surface area contributed by atoms with Crippen LogP contribution >= 0.6 is 0 Å². The van der Waals surface area contributed by atoms with Crippen molar-refractivity contribution in [2.75, 3.05) is 33.5 Å². The van der Waals surface area contributed by atoms with Crippen LogP contribution in [0.25, 0.3) is 0 Å². The molecule has 21 heavy (non-hydrogen) atoms. The predicted molar refractivity (Wildman–Crippen MR) is 79.6 cm³/mol. The van der Waals surface area contributed by atoms with E-state index in [4.69, 9.17) is 9.47 Å². The summed E-state index contributed by atoms with van der Waals surface area (Å²) in [5, 5.41) is 9.29. The maximum absolute atomic E-state index is 12.1. The molecule has 0 radical (unpaired) electrons. The van der Waals surface area contributed by atoms with Gasteiger partial charge in [-0.3, -0.25) is 0 Å². The molecule has 7 heteroatoms. The molecule has 0 bridgehead atoms. The van der Waals surface area contributed by atoms with Gasteiger partial charge in [0.15, 0.2) is 0 Å². The van der Waals surface area contributed by atoms with Gasteiger partial charge in [0, 0.05) is 13.7 Å². The zero-order valence-corrected chi connectivity index (χ0v) is 13.3. The largest absolute Gasteiger partial charge is 0.392 e. The predicted octanol–water partition coefficient (Wildman–Crippen LogP) is 0.683. The molecule has 0 aliphatic rings. The summed E-state index contributed by atoms with van der Waals surface area (Å²) in [6.07, 6.45) is 0.747. The zero-order chi connectivity index (χ0) is 15.7. The van der Waals surface area contributed by atoms with Crippen molar-refractivity contribution in [3.05, 3.63) is 29.3 Å². The molecule has 1 aromatic carbocycles. The van der Waals surface area contributed by atoms with Crippen LogP contribution in [0.1, 0.15) is 18.1 Å². The summed E-state index contributed by atoms with van der Waals surface area (Å²) in [6.45, 7) is 3.16. The van der Waals surface area contributed by atoms with E-state index in [2.05, 4.69) is 4.72 Å². The van der Waals surface area contributed by atoms with Crippen LogP contribution in [0.4, 0.5) is 0 Å². The third-order valence-electron chi connectivity index (χ3n) is 3.01. The van der Waals surface area contributed by atoms with Crippen molar-refractivity contribution in [1.82, 2.24) is 4.72 Å². The summed E-state index contributed by atoms with van der Waals surface area (Å²) in [6, 6.07) is 4.79. The van der Waals surface area contributed by atoms with Crippen molar-refractivity contribution in [2.24, 2.45) is 0 Å². The van der Waals surface area contributed by atoms with Crippen LogP contribution in [0.3, 0.4) is 0 Å². The van der Waals surface area contributed by atoms with E-state index in [0.29, 0.717) is 18.8 Å². The molecule has 0 unspecified atom stereocenters. The first-order valence-corrected chi connectivity index (χ1v) is 8.32. The van der Waals surface area contributed by atoms with Gasteiger partial charge in [-0.05, 0) is 29.7 Å². The lowest BCUT2D eigenvalue weighted by molar-refractivity contribution is 0.0736. The number of aliphatic hydroxyl groups excluding tert-OH is 1.